The highest BCUT2D eigenvalue weighted by molar-refractivity contribution is 6.06. The third-order valence-corrected chi connectivity index (χ3v) is 4.75. The number of hydrogen-bond acceptors (Lipinski definition) is 4. The van der Waals surface area contributed by atoms with E-state index in [1.165, 1.54) is 4.90 Å². The Kier molecular flexibility index (Phi) is 6.87. The van der Waals surface area contributed by atoms with Gasteiger partial charge in [-0.2, -0.15) is 0 Å². The molecule has 0 aliphatic carbocycles. The maximum absolute atomic E-state index is 12.4. The summed E-state index contributed by atoms with van der Waals surface area (Å²) in [6.07, 6.45) is 1.18. The smallest absolute Gasteiger partial charge is 0.325 e. The molecule has 0 saturated carbocycles. The van der Waals surface area contributed by atoms with Crippen molar-refractivity contribution in [1.82, 2.24) is 20.9 Å². The fraction of sp³-hybridized carbons (Fsp3) is 0.632. The molecule has 0 aromatic carbocycles. The van der Waals surface area contributed by atoms with Gasteiger partial charge in [0.2, 0.25) is 0 Å². The van der Waals surface area contributed by atoms with E-state index in [1.807, 2.05) is 39.8 Å². The molecule has 1 aliphatic heterocycles. The monoisotopic (exact) mass is 377 g/mol. The Morgan fingerprint density at radius 1 is 1.37 bits per heavy atom. The zero-order valence-electron chi connectivity index (χ0n) is 16.9. The second kappa shape index (κ2) is 8.92. The van der Waals surface area contributed by atoms with E-state index in [9.17, 15) is 9.59 Å². The molecular formula is C19H31N5O3. The normalized spacial score (nSPS) is 21.4. The molecule has 3 amide bonds. The molecule has 8 nitrogen and oxygen atoms in total. The second-order valence-electron chi connectivity index (χ2n) is 7.00. The Morgan fingerprint density at radius 2 is 2.11 bits per heavy atom. The number of hydrogen-bond donors (Lipinski definition) is 3. The molecule has 1 aromatic heterocycles. The lowest BCUT2D eigenvalue weighted by molar-refractivity contribution is -0.130. The van der Waals surface area contributed by atoms with Crippen LogP contribution in [0.2, 0.25) is 0 Å². The number of aryl methyl sites for hydroxylation is 1. The quantitative estimate of drug-likeness (QED) is 0.279. The van der Waals surface area contributed by atoms with Gasteiger partial charge in [0.05, 0.1) is 6.04 Å². The number of imide groups is 1. The lowest BCUT2D eigenvalue weighted by Gasteiger charge is -2.19. The third-order valence-electron chi connectivity index (χ3n) is 4.75. The molecule has 0 radical (unpaired) electrons. The maximum Gasteiger partial charge on any atom is 0.325 e. The molecule has 1 fully saturated rings. The van der Waals surface area contributed by atoms with Crippen molar-refractivity contribution in [2.75, 3.05) is 19.6 Å². The SMILES string of the molecule is CCNC(=NCCCN1C(=O)NC(C)(CC)C1=O)NC(C)c1ccc(C)o1. The number of nitrogens with zero attached hydrogens (tertiary/aromatic N) is 2. The van der Waals surface area contributed by atoms with Gasteiger partial charge < -0.3 is 20.4 Å². The largest absolute Gasteiger partial charge is 0.464 e. The molecule has 1 aromatic rings. The zero-order valence-corrected chi connectivity index (χ0v) is 16.9. The first-order chi connectivity index (χ1) is 12.8. The highest BCUT2D eigenvalue weighted by Gasteiger charge is 2.45. The van der Waals surface area contributed by atoms with Gasteiger partial charge in [0.15, 0.2) is 5.96 Å². The van der Waals surface area contributed by atoms with Gasteiger partial charge in [0, 0.05) is 19.6 Å². The highest BCUT2D eigenvalue weighted by atomic mass is 16.3. The van der Waals surface area contributed by atoms with Crippen molar-refractivity contribution in [2.24, 2.45) is 4.99 Å². The van der Waals surface area contributed by atoms with E-state index < -0.39 is 5.54 Å². The zero-order chi connectivity index (χ0) is 20.0. The van der Waals surface area contributed by atoms with Crippen LogP contribution < -0.4 is 16.0 Å². The number of furan rings is 1. The van der Waals surface area contributed by atoms with Crippen LogP contribution in [0.15, 0.2) is 21.5 Å². The van der Waals surface area contributed by atoms with Crippen LogP contribution in [0.3, 0.4) is 0 Å². The number of carbonyl (C=O) groups is 2. The summed E-state index contributed by atoms with van der Waals surface area (Å²) >= 11 is 0. The summed E-state index contributed by atoms with van der Waals surface area (Å²) in [5.41, 5.74) is -0.784. The minimum Gasteiger partial charge on any atom is -0.464 e. The first kappa shape index (κ1) is 20.8. The number of carbonyl (C=O) groups excluding carboxylic acids is 2. The summed E-state index contributed by atoms with van der Waals surface area (Å²) in [4.78, 5) is 30.2. The van der Waals surface area contributed by atoms with Gasteiger partial charge in [-0.25, -0.2) is 4.79 Å². The lowest BCUT2D eigenvalue weighted by atomic mass is 9.99. The molecule has 2 heterocycles. The van der Waals surface area contributed by atoms with E-state index in [1.54, 1.807) is 6.92 Å². The lowest BCUT2D eigenvalue weighted by Crippen LogP contribution is -2.43. The average Bonchev–Trinajstić information content (AvgIpc) is 3.15. The predicted molar refractivity (Wildman–Crippen MR) is 105 cm³/mol. The molecule has 0 spiro atoms. The Morgan fingerprint density at radius 3 is 2.67 bits per heavy atom. The Hall–Kier alpha value is -2.51. The first-order valence-corrected chi connectivity index (χ1v) is 9.56. The summed E-state index contributed by atoms with van der Waals surface area (Å²) in [6, 6.07) is 3.53. The molecule has 150 valence electrons. The molecule has 0 bridgehead atoms. The number of nitrogens with one attached hydrogen (secondary N) is 3. The van der Waals surface area contributed by atoms with E-state index >= 15 is 0 Å². The number of rotatable bonds is 8. The number of urea groups is 1. The molecule has 1 aliphatic rings. The number of guanidine groups is 1. The van der Waals surface area contributed by atoms with Crippen LogP contribution in [0, 0.1) is 6.92 Å². The summed E-state index contributed by atoms with van der Waals surface area (Å²) in [5, 5.41) is 9.26. The second-order valence-corrected chi connectivity index (χ2v) is 7.00. The minimum absolute atomic E-state index is 0.0206. The Balaban J connectivity index is 1.88. The van der Waals surface area contributed by atoms with Gasteiger partial charge in [-0.3, -0.25) is 14.7 Å². The third kappa shape index (κ3) is 5.02. The van der Waals surface area contributed by atoms with Crippen LogP contribution in [0.1, 0.15) is 58.1 Å². The predicted octanol–water partition coefficient (Wildman–Crippen LogP) is 2.31. The van der Waals surface area contributed by atoms with Gasteiger partial charge in [0.25, 0.3) is 5.91 Å². The summed E-state index contributed by atoms with van der Waals surface area (Å²) in [5.74, 6) is 2.23. The number of amides is 3. The molecular weight excluding hydrogens is 346 g/mol. The van der Waals surface area contributed by atoms with Gasteiger partial charge in [-0.15, -0.1) is 0 Å². The summed E-state index contributed by atoms with van der Waals surface area (Å²) in [6.45, 7) is 11.2. The van der Waals surface area contributed by atoms with E-state index in [2.05, 4.69) is 20.9 Å². The van der Waals surface area contributed by atoms with E-state index in [-0.39, 0.29) is 18.0 Å². The summed E-state index contributed by atoms with van der Waals surface area (Å²) < 4.78 is 5.64. The fourth-order valence-corrected chi connectivity index (χ4v) is 2.89. The molecule has 2 rings (SSSR count). The molecule has 2 atom stereocenters. The van der Waals surface area contributed by atoms with Gasteiger partial charge >= 0.3 is 6.03 Å². The van der Waals surface area contributed by atoms with Crippen LogP contribution in [0.4, 0.5) is 4.79 Å². The molecule has 1 saturated heterocycles. The van der Waals surface area contributed by atoms with Crippen LogP contribution in [0.25, 0.3) is 0 Å². The Labute approximate surface area is 160 Å². The van der Waals surface area contributed by atoms with Crippen molar-refractivity contribution >= 4 is 17.9 Å². The molecule has 8 heteroatoms. The summed E-state index contributed by atoms with van der Waals surface area (Å²) in [7, 11) is 0. The van der Waals surface area contributed by atoms with Crippen LogP contribution in [0.5, 0.6) is 0 Å². The van der Waals surface area contributed by atoms with Crippen LogP contribution in [-0.4, -0.2) is 48.0 Å². The van der Waals surface area contributed by atoms with Gasteiger partial charge in [-0.05, 0) is 52.7 Å². The minimum atomic E-state index is -0.784. The molecule has 27 heavy (non-hydrogen) atoms. The highest BCUT2D eigenvalue weighted by Crippen LogP contribution is 2.20. The maximum atomic E-state index is 12.4. The van der Waals surface area contributed by atoms with Crippen LogP contribution in [-0.2, 0) is 4.79 Å². The van der Waals surface area contributed by atoms with Crippen molar-refractivity contribution < 1.29 is 14.0 Å². The fourth-order valence-electron chi connectivity index (χ4n) is 2.89. The van der Waals surface area contributed by atoms with E-state index in [0.29, 0.717) is 31.9 Å². The van der Waals surface area contributed by atoms with Crippen molar-refractivity contribution in [2.45, 2.75) is 59.0 Å². The standard InChI is InChI=1S/C19H31N5O3/c1-6-19(5)16(25)24(18(26)23-19)12-8-11-21-17(20-7-2)22-14(4)15-10-9-13(3)27-15/h9-10,14H,6-8,11-12H2,1-5H3,(H,23,26)(H2,20,21,22). The average molecular weight is 377 g/mol. The van der Waals surface area contributed by atoms with E-state index in [4.69, 9.17) is 4.42 Å². The van der Waals surface area contributed by atoms with Crippen LogP contribution >= 0.6 is 0 Å². The van der Waals surface area contributed by atoms with Crippen molar-refractivity contribution in [3.63, 3.8) is 0 Å². The van der Waals surface area contributed by atoms with E-state index in [0.717, 1.165) is 18.1 Å². The van der Waals surface area contributed by atoms with Crippen molar-refractivity contribution in [1.29, 1.82) is 0 Å². The first-order valence-electron chi connectivity index (χ1n) is 9.56. The van der Waals surface area contributed by atoms with Crippen molar-refractivity contribution in [3.8, 4) is 0 Å². The van der Waals surface area contributed by atoms with Gasteiger partial charge in [-0.1, -0.05) is 6.92 Å². The topological polar surface area (TPSA) is 99.0 Å². The molecule has 2 unspecified atom stereocenters. The van der Waals surface area contributed by atoms with Gasteiger partial charge in [0.1, 0.15) is 17.1 Å². The number of aliphatic imine (C=N–C) groups is 1. The van der Waals surface area contributed by atoms with Crippen molar-refractivity contribution in [3.05, 3.63) is 23.7 Å². The molecule has 3 N–H and O–H groups in total. The Bertz CT molecular complexity index is 699.